The molecule has 1 aliphatic rings. The molecule has 0 aliphatic carbocycles. The van der Waals surface area contributed by atoms with Gasteiger partial charge in [0, 0.05) is 45.5 Å². The van der Waals surface area contributed by atoms with Gasteiger partial charge in [-0.15, -0.1) is 0 Å². The molecule has 1 aromatic heterocycles. The smallest absolute Gasteiger partial charge is 0.260 e. The van der Waals surface area contributed by atoms with Gasteiger partial charge >= 0.3 is 0 Å². The fourth-order valence-corrected chi connectivity index (χ4v) is 3.55. The van der Waals surface area contributed by atoms with E-state index in [-0.39, 0.29) is 18.3 Å². The number of hydrogen-bond acceptors (Lipinski definition) is 4. The molecule has 0 spiro atoms. The maximum absolute atomic E-state index is 12.9. The molecule has 0 saturated carbocycles. The second kappa shape index (κ2) is 9.54. The van der Waals surface area contributed by atoms with Crippen molar-refractivity contribution >= 4 is 5.91 Å². The van der Waals surface area contributed by atoms with Gasteiger partial charge in [0.05, 0.1) is 12.0 Å². The number of piperazine rings is 1. The van der Waals surface area contributed by atoms with Crippen LogP contribution in [0.2, 0.25) is 0 Å². The van der Waals surface area contributed by atoms with Crippen molar-refractivity contribution in [3.8, 4) is 5.75 Å². The lowest BCUT2D eigenvalue weighted by Crippen LogP contribution is -2.49. The van der Waals surface area contributed by atoms with Gasteiger partial charge in [-0.25, -0.2) is 9.37 Å². The zero-order chi connectivity index (χ0) is 20.8. The van der Waals surface area contributed by atoms with Crippen LogP contribution in [0.25, 0.3) is 0 Å². The molecule has 0 atom stereocenters. The second-order valence-electron chi connectivity index (χ2n) is 7.40. The SMILES string of the molecule is O=C(COc1ccc(F)cc1)N1CCN(Cc2cncn2Cc2ccccc2)CC1. The highest BCUT2D eigenvalue weighted by Gasteiger charge is 2.22. The zero-order valence-electron chi connectivity index (χ0n) is 16.8. The minimum absolute atomic E-state index is 0.0323. The van der Waals surface area contributed by atoms with Crippen molar-refractivity contribution in [2.75, 3.05) is 32.8 Å². The number of hydrogen-bond donors (Lipinski definition) is 0. The van der Waals surface area contributed by atoms with E-state index in [0.717, 1.165) is 26.2 Å². The number of aromatic nitrogens is 2. The van der Waals surface area contributed by atoms with E-state index in [9.17, 15) is 9.18 Å². The van der Waals surface area contributed by atoms with Crippen LogP contribution < -0.4 is 4.74 Å². The number of imidazole rings is 1. The average Bonchev–Trinajstić information content (AvgIpc) is 3.21. The first-order valence-corrected chi connectivity index (χ1v) is 10.1. The standard InChI is InChI=1S/C23H25FN4O2/c24-20-6-8-22(9-7-20)30-17-23(29)27-12-10-26(11-13-27)16-21-14-25-18-28(21)15-19-4-2-1-3-5-19/h1-9,14,18H,10-13,15-17H2. The van der Waals surface area contributed by atoms with Crippen LogP contribution in [0.4, 0.5) is 4.39 Å². The third kappa shape index (κ3) is 5.24. The summed E-state index contributed by atoms with van der Waals surface area (Å²) in [4.78, 5) is 20.9. The highest BCUT2D eigenvalue weighted by Crippen LogP contribution is 2.13. The number of amides is 1. The highest BCUT2D eigenvalue weighted by molar-refractivity contribution is 5.77. The molecule has 0 radical (unpaired) electrons. The lowest BCUT2D eigenvalue weighted by molar-refractivity contribution is -0.135. The van der Waals surface area contributed by atoms with Gasteiger partial charge in [0.2, 0.25) is 0 Å². The molecule has 30 heavy (non-hydrogen) atoms. The predicted molar refractivity (Wildman–Crippen MR) is 112 cm³/mol. The van der Waals surface area contributed by atoms with Crippen molar-refractivity contribution in [2.24, 2.45) is 0 Å². The Balaban J connectivity index is 1.24. The Hall–Kier alpha value is -3.19. The van der Waals surface area contributed by atoms with Crippen LogP contribution in [0.5, 0.6) is 5.75 Å². The molecule has 3 aromatic rings. The van der Waals surface area contributed by atoms with E-state index >= 15 is 0 Å². The summed E-state index contributed by atoms with van der Waals surface area (Å²) in [6.45, 7) is 4.51. The van der Waals surface area contributed by atoms with E-state index in [4.69, 9.17) is 4.74 Å². The van der Waals surface area contributed by atoms with Crippen LogP contribution in [-0.2, 0) is 17.9 Å². The van der Waals surface area contributed by atoms with Gasteiger partial charge in [-0.1, -0.05) is 30.3 Å². The van der Waals surface area contributed by atoms with Gasteiger partial charge < -0.3 is 14.2 Å². The van der Waals surface area contributed by atoms with E-state index in [0.29, 0.717) is 18.8 Å². The highest BCUT2D eigenvalue weighted by atomic mass is 19.1. The summed E-state index contributed by atoms with van der Waals surface area (Å²) in [5.74, 6) is 0.123. The molecule has 0 unspecified atom stereocenters. The Morgan fingerprint density at radius 2 is 1.70 bits per heavy atom. The molecule has 1 fully saturated rings. The number of nitrogens with zero attached hydrogens (tertiary/aromatic N) is 4. The molecule has 7 heteroatoms. The lowest BCUT2D eigenvalue weighted by Gasteiger charge is -2.34. The topological polar surface area (TPSA) is 50.6 Å². The largest absolute Gasteiger partial charge is 0.484 e. The molecule has 2 aromatic carbocycles. The number of ether oxygens (including phenoxy) is 1. The van der Waals surface area contributed by atoms with Gasteiger partial charge in [0.25, 0.3) is 5.91 Å². The molecule has 6 nitrogen and oxygen atoms in total. The molecule has 1 aliphatic heterocycles. The van der Waals surface area contributed by atoms with Crippen molar-refractivity contribution in [3.05, 3.63) is 84.2 Å². The van der Waals surface area contributed by atoms with Crippen LogP contribution in [0.3, 0.4) is 0 Å². The molecule has 1 amide bonds. The van der Waals surface area contributed by atoms with Gasteiger partial charge in [0.1, 0.15) is 11.6 Å². The Bertz CT molecular complexity index is 951. The minimum Gasteiger partial charge on any atom is -0.484 e. The first-order valence-electron chi connectivity index (χ1n) is 10.1. The molecule has 2 heterocycles. The van der Waals surface area contributed by atoms with Crippen LogP contribution in [-0.4, -0.2) is 58.0 Å². The third-order valence-electron chi connectivity index (χ3n) is 5.28. The van der Waals surface area contributed by atoms with Crippen LogP contribution >= 0.6 is 0 Å². The van der Waals surface area contributed by atoms with Crippen LogP contribution in [0, 0.1) is 5.82 Å². The van der Waals surface area contributed by atoms with Crippen molar-refractivity contribution in [1.29, 1.82) is 0 Å². The minimum atomic E-state index is -0.324. The van der Waals surface area contributed by atoms with Gasteiger partial charge in [-0.05, 0) is 29.8 Å². The second-order valence-corrected chi connectivity index (χ2v) is 7.40. The van der Waals surface area contributed by atoms with E-state index in [1.165, 1.54) is 35.5 Å². The van der Waals surface area contributed by atoms with Crippen molar-refractivity contribution in [2.45, 2.75) is 13.1 Å². The fourth-order valence-electron chi connectivity index (χ4n) is 3.55. The summed E-state index contributed by atoms with van der Waals surface area (Å²) in [5.41, 5.74) is 2.41. The average molecular weight is 408 g/mol. The van der Waals surface area contributed by atoms with Crippen LogP contribution in [0.15, 0.2) is 67.1 Å². The molecule has 0 bridgehead atoms. The van der Waals surface area contributed by atoms with E-state index < -0.39 is 0 Å². The molecule has 4 rings (SSSR count). The van der Waals surface area contributed by atoms with Gasteiger partial charge in [-0.3, -0.25) is 9.69 Å². The first-order chi connectivity index (χ1) is 14.7. The summed E-state index contributed by atoms with van der Waals surface area (Å²) in [5, 5.41) is 0. The van der Waals surface area contributed by atoms with E-state index in [1.54, 1.807) is 0 Å². The van der Waals surface area contributed by atoms with Crippen molar-refractivity contribution in [3.63, 3.8) is 0 Å². The molecular formula is C23H25FN4O2. The van der Waals surface area contributed by atoms with E-state index in [2.05, 4.69) is 26.6 Å². The number of benzene rings is 2. The van der Waals surface area contributed by atoms with E-state index in [1.807, 2.05) is 35.6 Å². The summed E-state index contributed by atoms with van der Waals surface area (Å²) in [6, 6.07) is 16.0. The molecule has 0 N–H and O–H groups in total. The number of carbonyl (C=O) groups excluding carboxylic acids is 1. The number of halogens is 1. The first kappa shape index (κ1) is 20.1. The predicted octanol–water partition coefficient (Wildman–Crippen LogP) is 2.79. The fraction of sp³-hybridized carbons (Fsp3) is 0.304. The summed E-state index contributed by atoms with van der Waals surface area (Å²) in [6.07, 6.45) is 3.78. The van der Waals surface area contributed by atoms with Crippen molar-refractivity contribution in [1.82, 2.24) is 19.4 Å². The summed E-state index contributed by atoms with van der Waals surface area (Å²) in [7, 11) is 0. The Morgan fingerprint density at radius 3 is 2.43 bits per heavy atom. The third-order valence-corrected chi connectivity index (χ3v) is 5.28. The number of carbonyl (C=O) groups is 1. The maximum Gasteiger partial charge on any atom is 0.260 e. The Labute approximate surface area is 175 Å². The normalized spacial score (nSPS) is 14.6. The van der Waals surface area contributed by atoms with Gasteiger partial charge in [0.15, 0.2) is 6.61 Å². The Kier molecular flexibility index (Phi) is 6.39. The molecule has 1 saturated heterocycles. The quantitative estimate of drug-likeness (QED) is 0.603. The zero-order valence-corrected chi connectivity index (χ0v) is 16.8. The molecule has 156 valence electrons. The lowest BCUT2D eigenvalue weighted by atomic mass is 10.2. The maximum atomic E-state index is 12.9. The summed E-state index contributed by atoms with van der Waals surface area (Å²) >= 11 is 0. The number of rotatable bonds is 7. The van der Waals surface area contributed by atoms with Crippen molar-refractivity contribution < 1.29 is 13.9 Å². The molecular weight excluding hydrogens is 383 g/mol. The summed E-state index contributed by atoms with van der Waals surface area (Å²) < 4.78 is 20.6. The monoisotopic (exact) mass is 408 g/mol. The van der Waals surface area contributed by atoms with Gasteiger partial charge in [-0.2, -0.15) is 0 Å². The van der Waals surface area contributed by atoms with Crippen LogP contribution in [0.1, 0.15) is 11.3 Å². The Morgan fingerprint density at radius 1 is 0.967 bits per heavy atom.